The minimum atomic E-state index is -0.621. The van der Waals surface area contributed by atoms with Crippen molar-refractivity contribution in [2.75, 3.05) is 6.54 Å². The number of benzene rings is 1. The van der Waals surface area contributed by atoms with Gasteiger partial charge in [-0.25, -0.2) is 4.79 Å². The lowest BCUT2D eigenvalue weighted by Crippen LogP contribution is -2.37. The maximum Gasteiger partial charge on any atom is 0.420 e. The molecule has 0 radical (unpaired) electrons. The zero-order chi connectivity index (χ0) is 17.3. The number of aromatic nitrogens is 1. The SMILES string of the molecule is CCN(Cc1ccc(Br)s1)C(=O)[C@@H](C)n1c(=O)oc2ccccc21. The second-order valence-electron chi connectivity index (χ2n) is 5.44. The number of hydrogen-bond donors (Lipinski definition) is 0. The smallest absolute Gasteiger partial charge is 0.408 e. The van der Waals surface area contributed by atoms with E-state index in [9.17, 15) is 9.59 Å². The summed E-state index contributed by atoms with van der Waals surface area (Å²) < 4.78 is 7.69. The standard InChI is InChI=1S/C17H17BrN2O3S/c1-3-19(10-12-8-9-15(18)24-12)16(21)11(2)20-13-6-4-5-7-14(13)23-17(20)22/h4-9,11H,3,10H2,1-2H3/t11-/m1/s1. The number of thiophene rings is 1. The molecule has 3 rings (SSSR count). The van der Waals surface area contributed by atoms with Crippen LogP contribution in [0.25, 0.3) is 11.1 Å². The van der Waals surface area contributed by atoms with Crippen molar-refractivity contribution >= 4 is 44.3 Å². The van der Waals surface area contributed by atoms with E-state index in [0.717, 1.165) is 8.66 Å². The molecule has 0 saturated carbocycles. The first-order chi connectivity index (χ1) is 11.5. The number of amides is 1. The van der Waals surface area contributed by atoms with E-state index in [0.29, 0.717) is 24.2 Å². The number of fused-ring (bicyclic) bond motifs is 1. The van der Waals surface area contributed by atoms with Crippen LogP contribution in [0, 0.1) is 0 Å². The molecule has 7 heteroatoms. The topological polar surface area (TPSA) is 55.5 Å². The van der Waals surface area contributed by atoms with E-state index in [1.807, 2.05) is 25.1 Å². The lowest BCUT2D eigenvalue weighted by atomic mass is 10.2. The summed E-state index contributed by atoms with van der Waals surface area (Å²) in [5.41, 5.74) is 1.13. The Balaban J connectivity index is 1.89. The number of halogens is 1. The lowest BCUT2D eigenvalue weighted by molar-refractivity contribution is -0.134. The van der Waals surface area contributed by atoms with Gasteiger partial charge in [0.15, 0.2) is 5.58 Å². The van der Waals surface area contributed by atoms with E-state index in [-0.39, 0.29) is 5.91 Å². The number of para-hydroxylation sites is 2. The van der Waals surface area contributed by atoms with Gasteiger partial charge in [-0.05, 0) is 54.0 Å². The average Bonchev–Trinajstić information content (AvgIpc) is 3.13. The normalized spacial score (nSPS) is 12.5. The van der Waals surface area contributed by atoms with Crippen LogP contribution in [0.3, 0.4) is 0 Å². The molecular weight excluding hydrogens is 392 g/mol. The Morgan fingerprint density at radius 2 is 2.08 bits per heavy atom. The molecule has 0 unspecified atom stereocenters. The summed E-state index contributed by atoms with van der Waals surface area (Å²) >= 11 is 5.03. The molecule has 0 aliphatic carbocycles. The molecular formula is C17H17BrN2O3S. The molecule has 0 aliphatic rings. The van der Waals surface area contributed by atoms with Gasteiger partial charge in [-0.15, -0.1) is 11.3 Å². The van der Waals surface area contributed by atoms with Crippen LogP contribution in [0.4, 0.5) is 0 Å². The highest BCUT2D eigenvalue weighted by atomic mass is 79.9. The van der Waals surface area contributed by atoms with Gasteiger partial charge in [0.05, 0.1) is 15.8 Å². The molecule has 0 saturated heterocycles. The van der Waals surface area contributed by atoms with Crippen molar-refractivity contribution in [2.24, 2.45) is 0 Å². The second kappa shape index (κ2) is 6.94. The molecule has 5 nitrogen and oxygen atoms in total. The molecule has 0 N–H and O–H groups in total. The number of nitrogens with zero attached hydrogens (tertiary/aromatic N) is 2. The summed E-state index contributed by atoms with van der Waals surface area (Å²) in [6.45, 7) is 4.77. The third-order valence-corrected chi connectivity index (χ3v) is 5.54. The summed E-state index contributed by atoms with van der Waals surface area (Å²) in [4.78, 5) is 27.9. The molecule has 1 aromatic carbocycles. The third kappa shape index (κ3) is 3.18. The van der Waals surface area contributed by atoms with E-state index in [1.165, 1.54) is 4.57 Å². The minimum Gasteiger partial charge on any atom is -0.408 e. The van der Waals surface area contributed by atoms with Crippen LogP contribution in [0.1, 0.15) is 24.8 Å². The number of carbonyl (C=O) groups is 1. The zero-order valence-corrected chi connectivity index (χ0v) is 15.8. The highest BCUT2D eigenvalue weighted by Crippen LogP contribution is 2.24. The van der Waals surface area contributed by atoms with E-state index >= 15 is 0 Å². The largest absolute Gasteiger partial charge is 0.420 e. The molecule has 0 fully saturated rings. The summed E-state index contributed by atoms with van der Waals surface area (Å²) in [5, 5.41) is 0. The average molecular weight is 409 g/mol. The molecule has 1 amide bonds. The van der Waals surface area contributed by atoms with Gasteiger partial charge in [0.1, 0.15) is 6.04 Å². The predicted molar refractivity (Wildman–Crippen MR) is 98.3 cm³/mol. The summed E-state index contributed by atoms with van der Waals surface area (Å²) in [6.07, 6.45) is 0. The molecule has 0 bridgehead atoms. The Labute approximate surface area is 151 Å². The van der Waals surface area contributed by atoms with Crippen molar-refractivity contribution in [3.05, 3.63) is 55.6 Å². The monoisotopic (exact) mass is 408 g/mol. The van der Waals surface area contributed by atoms with E-state index < -0.39 is 11.8 Å². The Bertz CT molecular complexity index is 927. The van der Waals surface area contributed by atoms with Crippen molar-refractivity contribution in [3.63, 3.8) is 0 Å². The maximum absolute atomic E-state index is 12.9. The maximum atomic E-state index is 12.9. The highest BCUT2D eigenvalue weighted by molar-refractivity contribution is 9.11. The Morgan fingerprint density at radius 3 is 2.75 bits per heavy atom. The number of carbonyl (C=O) groups excluding carboxylic acids is 1. The first kappa shape index (κ1) is 17.0. The Hall–Kier alpha value is -1.86. The van der Waals surface area contributed by atoms with Crippen LogP contribution < -0.4 is 5.76 Å². The molecule has 3 aromatic rings. The fraction of sp³-hybridized carbons (Fsp3) is 0.294. The number of hydrogen-bond acceptors (Lipinski definition) is 4. The van der Waals surface area contributed by atoms with Crippen LogP contribution in [-0.4, -0.2) is 21.9 Å². The van der Waals surface area contributed by atoms with Crippen LogP contribution >= 0.6 is 27.3 Å². The first-order valence-electron chi connectivity index (χ1n) is 7.64. The van der Waals surface area contributed by atoms with Gasteiger partial charge in [-0.2, -0.15) is 0 Å². The minimum absolute atomic E-state index is 0.101. The summed E-state index contributed by atoms with van der Waals surface area (Å²) in [5.74, 6) is -0.609. The molecule has 0 spiro atoms. The van der Waals surface area contributed by atoms with Gasteiger partial charge in [0.2, 0.25) is 5.91 Å². The van der Waals surface area contributed by atoms with Crippen molar-refractivity contribution < 1.29 is 9.21 Å². The van der Waals surface area contributed by atoms with Crippen molar-refractivity contribution in [1.82, 2.24) is 9.47 Å². The number of likely N-dealkylation sites (N-methyl/N-ethyl adjacent to an activating group) is 1. The van der Waals surface area contributed by atoms with Gasteiger partial charge in [0.25, 0.3) is 0 Å². The van der Waals surface area contributed by atoms with E-state index in [1.54, 1.807) is 41.4 Å². The van der Waals surface area contributed by atoms with Crippen LogP contribution in [0.5, 0.6) is 0 Å². The number of rotatable bonds is 5. The number of oxazole rings is 1. The van der Waals surface area contributed by atoms with Crippen LogP contribution in [-0.2, 0) is 11.3 Å². The van der Waals surface area contributed by atoms with Gasteiger partial charge in [0, 0.05) is 11.4 Å². The predicted octanol–water partition coefficient (Wildman–Crippen LogP) is 4.03. The van der Waals surface area contributed by atoms with Crippen LogP contribution in [0.15, 0.2) is 49.4 Å². The van der Waals surface area contributed by atoms with Gasteiger partial charge >= 0.3 is 5.76 Å². The Kier molecular flexibility index (Phi) is 4.91. The quantitative estimate of drug-likeness (QED) is 0.640. The molecule has 2 heterocycles. The molecule has 0 aliphatic heterocycles. The molecule has 2 aromatic heterocycles. The molecule has 1 atom stereocenters. The fourth-order valence-electron chi connectivity index (χ4n) is 2.70. The Morgan fingerprint density at radius 1 is 1.33 bits per heavy atom. The van der Waals surface area contributed by atoms with Gasteiger partial charge in [-0.3, -0.25) is 9.36 Å². The molecule has 24 heavy (non-hydrogen) atoms. The zero-order valence-electron chi connectivity index (χ0n) is 13.4. The fourth-order valence-corrected chi connectivity index (χ4v) is 4.19. The highest BCUT2D eigenvalue weighted by Gasteiger charge is 2.25. The first-order valence-corrected chi connectivity index (χ1v) is 9.25. The molecule has 126 valence electrons. The van der Waals surface area contributed by atoms with Gasteiger partial charge < -0.3 is 9.32 Å². The lowest BCUT2D eigenvalue weighted by Gasteiger charge is -2.24. The van der Waals surface area contributed by atoms with E-state index in [4.69, 9.17) is 4.42 Å². The second-order valence-corrected chi connectivity index (χ2v) is 7.99. The third-order valence-electron chi connectivity index (χ3n) is 3.93. The van der Waals surface area contributed by atoms with Crippen molar-refractivity contribution in [3.8, 4) is 0 Å². The van der Waals surface area contributed by atoms with Crippen molar-refractivity contribution in [2.45, 2.75) is 26.4 Å². The van der Waals surface area contributed by atoms with E-state index in [2.05, 4.69) is 15.9 Å². The van der Waals surface area contributed by atoms with Crippen LogP contribution in [0.2, 0.25) is 0 Å². The van der Waals surface area contributed by atoms with Crippen molar-refractivity contribution in [1.29, 1.82) is 0 Å². The summed E-state index contributed by atoms with van der Waals surface area (Å²) in [7, 11) is 0. The van der Waals surface area contributed by atoms with Gasteiger partial charge in [-0.1, -0.05) is 12.1 Å². The summed E-state index contributed by atoms with van der Waals surface area (Å²) in [6, 6.07) is 10.5.